The van der Waals surface area contributed by atoms with Crippen molar-refractivity contribution in [1.29, 1.82) is 0 Å². The van der Waals surface area contributed by atoms with Gasteiger partial charge in [0.05, 0.1) is 13.2 Å². The molecular formula is C17H20O5. The summed E-state index contributed by atoms with van der Waals surface area (Å²) in [5.74, 6) is 1.25. The first-order valence-corrected chi connectivity index (χ1v) is 7.24. The van der Waals surface area contributed by atoms with Gasteiger partial charge >= 0.3 is 0 Å². The third-order valence-corrected chi connectivity index (χ3v) is 3.06. The highest BCUT2D eigenvalue weighted by Gasteiger charge is 2.03. The van der Waals surface area contributed by atoms with Crippen LogP contribution in [0.4, 0.5) is 0 Å². The highest BCUT2D eigenvalue weighted by atomic mass is 16.5. The molecule has 0 unspecified atom stereocenters. The molecule has 0 amide bonds. The van der Waals surface area contributed by atoms with E-state index in [1.165, 1.54) is 17.9 Å². The van der Waals surface area contributed by atoms with Crippen LogP contribution < -0.4 is 14.9 Å². The normalized spacial score (nSPS) is 10.5. The molecule has 22 heavy (non-hydrogen) atoms. The molecule has 0 bridgehead atoms. The first-order valence-electron chi connectivity index (χ1n) is 7.24. The zero-order valence-electron chi connectivity index (χ0n) is 12.6. The van der Waals surface area contributed by atoms with Gasteiger partial charge in [0.1, 0.15) is 24.4 Å². The van der Waals surface area contributed by atoms with E-state index in [4.69, 9.17) is 19.0 Å². The van der Waals surface area contributed by atoms with E-state index in [1.54, 1.807) is 0 Å². The van der Waals surface area contributed by atoms with Crippen molar-refractivity contribution < 1.29 is 19.0 Å². The second-order valence-electron chi connectivity index (χ2n) is 4.95. The number of hydrogen-bond donors (Lipinski definition) is 1. The minimum atomic E-state index is -0.300. The number of aryl methyl sites for hydroxylation is 1. The van der Waals surface area contributed by atoms with Crippen molar-refractivity contribution in [1.82, 2.24) is 0 Å². The fourth-order valence-electron chi connectivity index (χ4n) is 1.91. The van der Waals surface area contributed by atoms with Gasteiger partial charge in [-0.05, 0) is 37.5 Å². The Balaban J connectivity index is 1.66. The lowest BCUT2D eigenvalue weighted by Gasteiger charge is -2.07. The largest absolute Gasteiger partial charge is 0.494 e. The smallest absolute Gasteiger partial charge is 0.227 e. The Morgan fingerprint density at radius 3 is 2.59 bits per heavy atom. The standard InChI is InChI=1S/C17H20O5/c1-13-5-4-6-14(9-13)20-7-2-3-8-21-17-12-22-15(11-18)10-16(17)19/h4-6,9-10,12,18H,2-3,7-8,11H2,1H3. The van der Waals surface area contributed by atoms with Gasteiger partial charge in [0.25, 0.3) is 0 Å². The fraction of sp³-hybridized carbons (Fsp3) is 0.353. The van der Waals surface area contributed by atoms with Gasteiger partial charge in [-0.3, -0.25) is 4.79 Å². The van der Waals surface area contributed by atoms with Gasteiger partial charge in [-0.1, -0.05) is 12.1 Å². The third kappa shape index (κ3) is 4.93. The topological polar surface area (TPSA) is 68.9 Å². The zero-order valence-corrected chi connectivity index (χ0v) is 12.6. The molecule has 1 heterocycles. The van der Waals surface area contributed by atoms with E-state index in [0.717, 1.165) is 18.6 Å². The maximum atomic E-state index is 11.6. The van der Waals surface area contributed by atoms with Gasteiger partial charge in [-0.15, -0.1) is 0 Å². The van der Waals surface area contributed by atoms with Crippen molar-refractivity contribution in [3.63, 3.8) is 0 Å². The molecule has 1 N–H and O–H groups in total. The van der Waals surface area contributed by atoms with Gasteiger partial charge in [0.2, 0.25) is 11.2 Å². The van der Waals surface area contributed by atoms with Gasteiger partial charge in [-0.25, -0.2) is 0 Å². The average Bonchev–Trinajstić information content (AvgIpc) is 2.52. The Hall–Kier alpha value is -2.27. The molecule has 0 aliphatic heterocycles. The van der Waals surface area contributed by atoms with Crippen molar-refractivity contribution in [2.24, 2.45) is 0 Å². The molecule has 5 nitrogen and oxygen atoms in total. The molecule has 0 spiro atoms. The van der Waals surface area contributed by atoms with Crippen molar-refractivity contribution in [3.8, 4) is 11.5 Å². The summed E-state index contributed by atoms with van der Waals surface area (Å²) in [6.07, 6.45) is 2.83. The lowest BCUT2D eigenvalue weighted by Crippen LogP contribution is -2.09. The van der Waals surface area contributed by atoms with Crippen LogP contribution in [0.25, 0.3) is 0 Å². The first-order chi connectivity index (χ1) is 10.7. The minimum absolute atomic E-state index is 0.164. The summed E-state index contributed by atoms with van der Waals surface area (Å²) in [6.45, 7) is 2.74. The SMILES string of the molecule is Cc1cccc(OCCCCOc2coc(CO)cc2=O)c1. The lowest BCUT2D eigenvalue weighted by atomic mass is 10.2. The molecule has 1 aromatic carbocycles. The summed E-state index contributed by atoms with van der Waals surface area (Å²) in [5, 5.41) is 8.85. The third-order valence-electron chi connectivity index (χ3n) is 3.06. The number of aliphatic hydroxyl groups is 1. The summed E-state index contributed by atoms with van der Waals surface area (Å²) in [4.78, 5) is 11.6. The van der Waals surface area contributed by atoms with Crippen LogP contribution in [-0.2, 0) is 6.61 Å². The van der Waals surface area contributed by atoms with Crippen molar-refractivity contribution >= 4 is 0 Å². The molecule has 118 valence electrons. The van der Waals surface area contributed by atoms with Crippen LogP contribution in [0, 0.1) is 6.92 Å². The number of rotatable bonds is 8. The van der Waals surface area contributed by atoms with Crippen LogP contribution in [0.15, 0.2) is 45.8 Å². The number of ether oxygens (including phenoxy) is 2. The number of hydrogen-bond acceptors (Lipinski definition) is 5. The molecule has 2 aromatic rings. The zero-order chi connectivity index (χ0) is 15.8. The van der Waals surface area contributed by atoms with Crippen molar-refractivity contribution in [2.45, 2.75) is 26.4 Å². The number of aliphatic hydroxyl groups excluding tert-OH is 1. The quantitative estimate of drug-likeness (QED) is 0.759. The van der Waals surface area contributed by atoms with Gasteiger partial charge in [0.15, 0.2) is 0 Å². The lowest BCUT2D eigenvalue weighted by molar-refractivity contribution is 0.234. The van der Waals surface area contributed by atoms with Crippen LogP contribution in [-0.4, -0.2) is 18.3 Å². The van der Waals surface area contributed by atoms with E-state index in [2.05, 4.69) is 0 Å². The first kappa shape index (κ1) is 16.1. The predicted octanol–water partition coefficient (Wildman–Crippen LogP) is 2.68. The van der Waals surface area contributed by atoms with E-state index < -0.39 is 0 Å². The summed E-state index contributed by atoms with van der Waals surface area (Å²) in [7, 11) is 0. The molecule has 0 saturated carbocycles. The Morgan fingerprint density at radius 2 is 1.91 bits per heavy atom. The Labute approximate surface area is 129 Å². The molecule has 0 fully saturated rings. The Morgan fingerprint density at radius 1 is 1.14 bits per heavy atom. The Kier molecular flexibility index (Phi) is 6.03. The molecule has 5 heteroatoms. The van der Waals surface area contributed by atoms with Crippen molar-refractivity contribution in [3.05, 3.63) is 58.1 Å². The van der Waals surface area contributed by atoms with Crippen LogP contribution in [0.1, 0.15) is 24.2 Å². The molecule has 0 saturated heterocycles. The van der Waals surface area contributed by atoms with E-state index in [1.807, 2.05) is 31.2 Å². The van der Waals surface area contributed by atoms with Crippen LogP contribution in [0.5, 0.6) is 11.5 Å². The molecule has 0 atom stereocenters. The van der Waals surface area contributed by atoms with Gasteiger partial charge < -0.3 is 19.0 Å². The van der Waals surface area contributed by atoms with Gasteiger partial charge in [-0.2, -0.15) is 0 Å². The summed E-state index contributed by atoms with van der Waals surface area (Å²) < 4.78 is 16.0. The Bertz CT molecular complexity index is 647. The highest BCUT2D eigenvalue weighted by Crippen LogP contribution is 2.13. The maximum absolute atomic E-state index is 11.6. The number of unbranched alkanes of at least 4 members (excludes halogenated alkanes) is 1. The van der Waals surface area contributed by atoms with E-state index in [9.17, 15) is 4.79 Å². The highest BCUT2D eigenvalue weighted by molar-refractivity contribution is 5.27. The monoisotopic (exact) mass is 304 g/mol. The molecule has 0 aliphatic rings. The van der Waals surface area contributed by atoms with Crippen LogP contribution in [0.3, 0.4) is 0 Å². The van der Waals surface area contributed by atoms with Crippen LogP contribution in [0.2, 0.25) is 0 Å². The fourth-order valence-corrected chi connectivity index (χ4v) is 1.91. The number of benzene rings is 1. The molecule has 0 aliphatic carbocycles. The minimum Gasteiger partial charge on any atom is -0.494 e. The van der Waals surface area contributed by atoms with Gasteiger partial charge in [0, 0.05) is 6.07 Å². The average molecular weight is 304 g/mol. The molecule has 0 radical (unpaired) electrons. The van der Waals surface area contributed by atoms with E-state index in [-0.39, 0.29) is 23.5 Å². The second kappa shape index (κ2) is 8.24. The van der Waals surface area contributed by atoms with E-state index >= 15 is 0 Å². The summed E-state index contributed by atoms with van der Waals surface area (Å²) >= 11 is 0. The second-order valence-corrected chi connectivity index (χ2v) is 4.95. The van der Waals surface area contributed by atoms with Crippen LogP contribution >= 0.6 is 0 Å². The maximum Gasteiger partial charge on any atom is 0.227 e. The summed E-state index contributed by atoms with van der Waals surface area (Å²) in [5.41, 5.74) is 0.880. The summed E-state index contributed by atoms with van der Waals surface area (Å²) in [6, 6.07) is 9.13. The molecule has 1 aromatic heterocycles. The molecule has 2 rings (SSSR count). The molecular weight excluding hydrogens is 284 g/mol. The predicted molar refractivity (Wildman–Crippen MR) is 82.3 cm³/mol. The van der Waals surface area contributed by atoms with E-state index in [0.29, 0.717) is 13.2 Å². The van der Waals surface area contributed by atoms with Crippen molar-refractivity contribution in [2.75, 3.05) is 13.2 Å².